The van der Waals surface area contributed by atoms with Crippen LogP contribution in [0.5, 0.6) is 5.75 Å². The second-order valence-corrected chi connectivity index (χ2v) is 7.46. The molecule has 0 aliphatic carbocycles. The van der Waals surface area contributed by atoms with Gasteiger partial charge in [0.05, 0.1) is 23.6 Å². The lowest BCUT2D eigenvalue weighted by Crippen LogP contribution is -2.31. The maximum Gasteiger partial charge on any atom is 0.416 e. The summed E-state index contributed by atoms with van der Waals surface area (Å²) in [5.74, 6) is 1.60. The molecule has 0 amide bonds. The van der Waals surface area contributed by atoms with E-state index in [1.807, 2.05) is 36.7 Å². The molecule has 1 aliphatic heterocycles. The minimum atomic E-state index is -4.34. The van der Waals surface area contributed by atoms with E-state index in [0.717, 1.165) is 60.9 Å². The van der Waals surface area contributed by atoms with Crippen LogP contribution in [-0.2, 0) is 32.7 Å². The Morgan fingerprint density at radius 2 is 1.80 bits per heavy atom. The van der Waals surface area contributed by atoms with E-state index in [2.05, 4.69) is 11.0 Å². The lowest BCUT2D eigenvalue weighted by molar-refractivity contribution is -0.137. The Kier molecular flexibility index (Phi) is 5.56. The van der Waals surface area contributed by atoms with E-state index in [-0.39, 0.29) is 0 Å². The average molecular weight is 415 g/mol. The molecular weight excluding hydrogens is 391 g/mol. The van der Waals surface area contributed by atoms with Crippen molar-refractivity contribution in [1.82, 2.24) is 14.5 Å². The highest BCUT2D eigenvalue weighted by Gasteiger charge is 2.30. The SMILES string of the molecule is CCOc1ccccc1CN1CCc2nc(-c3ccc(C(F)(F)F)cc3)n(C)c2C1. The van der Waals surface area contributed by atoms with Crippen molar-refractivity contribution in [3.8, 4) is 17.1 Å². The van der Waals surface area contributed by atoms with Crippen LogP contribution < -0.4 is 4.74 Å². The summed E-state index contributed by atoms with van der Waals surface area (Å²) < 4.78 is 46.3. The van der Waals surface area contributed by atoms with Gasteiger partial charge in [0.25, 0.3) is 0 Å². The maximum absolute atomic E-state index is 12.9. The molecule has 0 saturated carbocycles. The minimum absolute atomic E-state index is 0.624. The first-order chi connectivity index (χ1) is 14.4. The molecule has 0 radical (unpaired) electrons. The fraction of sp³-hybridized carbons (Fsp3) is 0.348. The van der Waals surface area contributed by atoms with Gasteiger partial charge in [-0.15, -0.1) is 0 Å². The van der Waals surface area contributed by atoms with Crippen LogP contribution in [0, 0.1) is 0 Å². The molecule has 0 N–H and O–H groups in total. The molecule has 0 spiro atoms. The first-order valence-electron chi connectivity index (χ1n) is 10.0. The minimum Gasteiger partial charge on any atom is -0.494 e. The quantitative estimate of drug-likeness (QED) is 0.583. The number of imidazole rings is 1. The Morgan fingerprint density at radius 3 is 2.50 bits per heavy atom. The Morgan fingerprint density at radius 1 is 1.07 bits per heavy atom. The summed E-state index contributed by atoms with van der Waals surface area (Å²) in [5, 5.41) is 0. The Labute approximate surface area is 173 Å². The number of halogens is 3. The number of ether oxygens (including phenoxy) is 1. The highest BCUT2D eigenvalue weighted by atomic mass is 19.4. The first-order valence-corrected chi connectivity index (χ1v) is 10.0. The fourth-order valence-electron chi connectivity index (χ4n) is 3.91. The van der Waals surface area contributed by atoms with E-state index in [0.29, 0.717) is 18.0 Å². The summed E-state index contributed by atoms with van der Waals surface area (Å²) in [7, 11) is 1.93. The predicted molar refractivity (Wildman–Crippen MR) is 109 cm³/mol. The summed E-state index contributed by atoms with van der Waals surface area (Å²) in [5.41, 5.74) is 3.30. The van der Waals surface area contributed by atoms with Crippen LogP contribution in [0.3, 0.4) is 0 Å². The number of aromatic nitrogens is 2. The largest absolute Gasteiger partial charge is 0.494 e. The normalized spacial score (nSPS) is 14.6. The van der Waals surface area contributed by atoms with Crippen molar-refractivity contribution >= 4 is 0 Å². The van der Waals surface area contributed by atoms with Gasteiger partial charge in [-0.1, -0.05) is 30.3 Å². The van der Waals surface area contributed by atoms with Gasteiger partial charge in [-0.05, 0) is 25.1 Å². The lowest BCUT2D eigenvalue weighted by atomic mass is 10.1. The average Bonchev–Trinajstić information content (AvgIpc) is 3.05. The van der Waals surface area contributed by atoms with Crippen molar-refractivity contribution in [2.24, 2.45) is 7.05 Å². The van der Waals surface area contributed by atoms with E-state index in [4.69, 9.17) is 9.72 Å². The molecule has 0 unspecified atom stereocenters. The molecule has 7 heteroatoms. The second-order valence-electron chi connectivity index (χ2n) is 7.46. The molecule has 4 nitrogen and oxygen atoms in total. The van der Waals surface area contributed by atoms with Crippen LogP contribution in [-0.4, -0.2) is 27.6 Å². The molecule has 0 saturated heterocycles. The van der Waals surface area contributed by atoms with Gasteiger partial charge in [-0.2, -0.15) is 13.2 Å². The van der Waals surface area contributed by atoms with Gasteiger partial charge in [-0.3, -0.25) is 4.90 Å². The van der Waals surface area contributed by atoms with Crippen LogP contribution in [0.4, 0.5) is 13.2 Å². The smallest absolute Gasteiger partial charge is 0.416 e. The number of hydrogen-bond acceptors (Lipinski definition) is 3. The first kappa shape index (κ1) is 20.5. The standard InChI is InChI=1S/C23H24F3N3O/c1-3-30-21-7-5-4-6-17(21)14-29-13-12-19-20(15-29)28(2)22(27-19)16-8-10-18(11-9-16)23(24,25)26/h4-11H,3,12-15H2,1-2H3. The van der Waals surface area contributed by atoms with E-state index >= 15 is 0 Å². The van der Waals surface area contributed by atoms with Crippen LogP contribution in [0.25, 0.3) is 11.4 Å². The Hall–Kier alpha value is -2.80. The van der Waals surface area contributed by atoms with Gasteiger partial charge >= 0.3 is 6.18 Å². The summed E-state index contributed by atoms with van der Waals surface area (Å²) in [6.07, 6.45) is -3.53. The molecule has 0 atom stereocenters. The van der Waals surface area contributed by atoms with Crippen LogP contribution in [0.2, 0.25) is 0 Å². The van der Waals surface area contributed by atoms with E-state index in [1.54, 1.807) is 0 Å². The van der Waals surface area contributed by atoms with Gasteiger partial charge in [-0.25, -0.2) is 4.98 Å². The molecule has 1 aromatic heterocycles. The molecule has 2 aromatic carbocycles. The molecule has 2 heterocycles. The molecule has 1 aliphatic rings. The lowest BCUT2D eigenvalue weighted by Gasteiger charge is -2.27. The summed E-state index contributed by atoms with van der Waals surface area (Å²) >= 11 is 0. The third kappa shape index (κ3) is 4.07. The van der Waals surface area contributed by atoms with Crippen LogP contribution >= 0.6 is 0 Å². The maximum atomic E-state index is 12.9. The number of benzene rings is 2. The second kappa shape index (κ2) is 8.14. The fourth-order valence-corrected chi connectivity index (χ4v) is 3.91. The topological polar surface area (TPSA) is 30.3 Å². The van der Waals surface area contributed by atoms with Gasteiger partial charge in [0.15, 0.2) is 0 Å². The number of alkyl halides is 3. The zero-order chi connectivity index (χ0) is 21.3. The van der Waals surface area contributed by atoms with E-state index < -0.39 is 11.7 Å². The third-order valence-electron chi connectivity index (χ3n) is 5.47. The van der Waals surface area contributed by atoms with Crippen molar-refractivity contribution in [2.45, 2.75) is 32.6 Å². The molecule has 30 heavy (non-hydrogen) atoms. The van der Waals surface area contributed by atoms with Gasteiger partial charge in [0, 0.05) is 44.2 Å². The molecule has 0 fully saturated rings. The highest BCUT2D eigenvalue weighted by molar-refractivity contribution is 5.58. The molecule has 0 bridgehead atoms. The molecule has 4 rings (SSSR count). The highest BCUT2D eigenvalue weighted by Crippen LogP contribution is 2.32. The summed E-state index contributed by atoms with van der Waals surface area (Å²) in [6.45, 7) is 4.98. The summed E-state index contributed by atoms with van der Waals surface area (Å²) in [6, 6.07) is 13.3. The van der Waals surface area contributed by atoms with Crippen molar-refractivity contribution in [1.29, 1.82) is 0 Å². The van der Waals surface area contributed by atoms with Crippen molar-refractivity contribution < 1.29 is 17.9 Å². The zero-order valence-electron chi connectivity index (χ0n) is 17.0. The summed E-state index contributed by atoms with van der Waals surface area (Å²) in [4.78, 5) is 7.08. The van der Waals surface area contributed by atoms with Gasteiger partial charge < -0.3 is 9.30 Å². The number of hydrogen-bond donors (Lipinski definition) is 0. The molecule has 158 valence electrons. The molecule has 3 aromatic rings. The zero-order valence-corrected chi connectivity index (χ0v) is 17.0. The van der Waals surface area contributed by atoms with Crippen molar-refractivity contribution in [2.75, 3.05) is 13.2 Å². The van der Waals surface area contributed by atoms with E-state index in [9.17, 15) is 13.2 Å². The number of fused-ring (bicyclic) bond motifs is 1. The van der Waals surface area contributed by atoms with Crippen molar-refractivity contribution in [3.63, 3.8) is 0 Å². The number of nitrogens with zero attached hydrogens (tertiary/aromatic N) is 3. The monoisotopic (exact) mass is 415 g/mol. The number of rotatable bonds is 5. The van der Waals surface area contributed by atoms with Gasteiger partial charge in [0.1, 0.15) is 11.6 Å². The van der Waals surface area contributed by atoms with Crippen LogP contribution in [0.1, 0.15) is 29.4 Å². The predicted octanol–water partition coefficient (Wildman–Crippen LogP) is 5.06. The van der Waals surface area contributed by atoms with Crippen LogP contribution in [0.15, 0.2) is 48.5 Å². The van der Waals surface area contributed by atoms with Gasteiger partial charge in [0.2, 0.25) is 0 Å². The number of para-hydroxylation sites is 1. The molecular formula is C23H24F3N3O. The van der Waals surface area contributed by atoms with Crippen molar-refractivity contribution in [3.05, 3.63) is 71.0 Å². The Balaban J connectivity index is 1.55. The van der Waals surface area contributed by atoms with E-state index in [1.165, 1.54) is 12.1 Å². The Bertz CT molecular complexity index is 1030. The third-order valence-corrected chi connectivity index (χ3v) is 5.47.